The standard InChI is InChI=1S/C10H15N.C5H6N2/c1-3-9(4-2)10-7-5-6-8-11-10;6-5-3-1-2-4-7-5/h5-9H,3-4H2,1-2H3;1-4H,(H2,6,7). The smallest absolute Gasteiger partial charge is 0.123 e. The number of nitrogens with two attached hydrogens (primary N) is 1. The Morgan fingerprint density at radius 2 is 1.56 bits per heavy atom. The maximum atomic E-state index is 5.25. The lowest BCUT2D eigenvalue weighted by Crippen LogP contribution is -1.97. The highest BCUT2D eigenvalue weighted by atomic mass is 14.8. The van der Waals surface area contributed by atoms with Crippen LogP contribution in [0.15, 0.2) is 48.8 Å². The molecule has 2 aromatic heterocycles. The van der Waals surface area contributed by atoms with Crippen molar-refractivity contribution in [3.8, 4) is 0 Å². The molecule has 2 heterocycles. The van der Waals surface area contributed by atoms with Crippen LogP contribution in [0.3, 0.4) is 0 Å². The first-order chi connectivity index (χ1) is 8.77. The van der Waals surface area contributed by atoms with Crippen molar-refractivity contribution >= 4 is 5.82 Å². The van der Waals surface area contributed by atoms with E-state index in [2.05, 4.69) is 35.9 Å². The number of aromatic nitrogens is 2. The van der Waals surface area contributed by atoms with Gasteiger partial charge in [0.1, 0.15) is 5.82 Å². The van der Waals surface area contributed by atoms with Gasteiger partial charge in [0.05, 0.1) is 0 Å². The maximum absolute atomic E-state index is 5.25. The van der Waals surface area contributed by atoms with E-state index in [4.69, 9.17) is 5.73 Å². The van der Waals surface area contributed by atoms with Gasteiger partial charge < -0.3 is 5.73 Å². The molecule has 0 amide bonds. The first-order valence-electron chi connectivity index (χ1n) is 6.35. The topological polar surface area (TPSA) is 51.8 Å². The van der Waals surface area contributed by atoms with Gasteiger partial charge in [0, 0.05) is 24.0 Å². The fraction of sp³-hybridized carbons (Fsp3) is 0.333. The summed E-state index contributed by atoms with van der Waals surface area (Å²) in [5.74, 6) is 1.22. The van der Waals surface area contributed by atoms with Crippen molar-refractivity contribution < 1.29 is 0 Å². The lowest BCUT2D eigenvalue weighted by atomic mass is 9.99. The van der Waals surface area contributed by atoms with E-state index in [-0.39, 0.29) is 0 Å². The largest absolute Gasteiger partial charge is 0.384 e. The fourth-order valence-electron chi connectivity index (χ4n) is 1.70. The van der Waals surface area contributed by atoms with Gasteiger partial charge in [-0.05, 0) is 37.1 Å². The summed E-state index contributed by atoms with van der Waals surface area (Å²) in [5.41, 5.74) is 6.48. The Morgan fingerprint density at radius 1 is 0.944 bits per heavy atom. The average molecular weight is 243 g/mol. The minimum Gasteiger partial charge on any atom is -0.384 e. The predicted octanol–water partition coefficient (Wildman–Crippen LogP) is 3.65. The molecule has 0 bridgehead atoms. The Morgan fingerprint density at radius 3 is 1.89 bits per heavy atom. The third kappa shape index (κ3) is 4.95. The first kappa shape index (κ1) is 14.2. The molecule has 18 heavy (non-hydrogen) atoms. The molecule has 0 aliphatic heterocycles. The van der Waals surface area contributed by atoms with E-state index in [9.17, 15) is 0 Å². The molecule has 3 heteroatoms. The molecule has 0 spiro atoms. The lowest BCUT2D eigenvalue weighted by molar-refractivity contribution is 0.623. The molecule has 2 aromatic rings. The predicted molar refractivity (Wildman–Crippen MR) is 76.2 cm³/mol. The number of hydrogen-bond acceptors (Lipinski definition) is 3. The van der Waals surface area contributed by atoms with Gasteiger partial charge in [-0.3, -0.25) is 4.98 Å². The van der Waals surface area contributed by atoms with Gasteiger partial charge in [-0.15, -0.1) is 0 Å². The second-order valence-electron chi connectivity index (χ2n) is 4.02. The number of rotatable bonds is 3. The van der Waals surface area contributed by atoms with E-state index in [1.165, 1.54) is 18.5 Å². The highest BCUT2D eigenvalue weighted by Crippen LogP contribution is 2.19. The third-order valence-electron chi connectivity index (χ3n) is 2.78. The number of nitrogens with zero attached hydrogens (tertiary/aromatic N) is 2. The van der Waals surface area contributed by atoms with Crippen molar-refractivity contribution in [3.05, 3.63) is 54.5 Å². The zero-order chi connectivity index (χ0) is 13.2. The van der Waals surface area contributed by atoms with E-state index < -0.39 is 0 Å². The Balaban J connectivity index is 0.000000199. The molecule has 0 unspecified atom stereocenters. The van der Waals surface area contributed by atoms with Crippen LogP contribution in [0.2, 0.25) is 0 Å². The summed E-state index contributed by atoms with van der Waals surface area (Å²) in [7, 11) is 0. The highest BCUT2D eigenvalue weighted by molar-refractivity contribution is 5.25. The number of nitrogen functional groups attached to an aromatic ring is 1. The molecule has 2 rings (SSSR count). The monoisotopic (exact) mass is 243 g/mol. The second-order valence-corrected chi connectivity index (χ2v) is 4.02. The molecule has 0 fully saturated rings. The van der Waals surface area contributed by atoms with Crippen molar-refractivity contribution in [2.45, 2.75) is 32.6 Å². The summed E-state index contributed by atoms with van der Waals surface area (Å²) in [6.45, 7) is 4.42. The molecule has 96 valence electrons. The molecule has 0 radical (unpaired) electrons. The molecular formula is C15H21N3. The summed E-state index contributed by atoms with van der Waals surface area (Å²) in [6.07, 6.45) is 5.91. The van der Waals surface area contributed by atoms with E-state index in [0.29, 0.717) is 11.7 Å². The van der Waals surface area contributed by atoms with Crippen LogP contribution >= 0.6 is 0 Å². The molecule has 0 aliphatic carbocycles. The minimum atomic E-state index is 0.572. The van der Waals surface area contributed by atoms with Gasteiger partial charge in [-0.2, -0.15) is 0 Å². The summed E-state index contributed by atoms with van der Waals surface area (Å²) in [4.78, 5) is 8.08. The summed E-state index contributed by atoms with van der Waals surface area (Å²) in [6, 6.07) is 11.6. The van der Waals surface area contributed by atoms with Crippen LogP contribution < -0.4 is 5.73 Å². The van der Waals surface area contributed by atoms with Crippen molar-refractivity contribution in [1.29, 1.82) is 0 Å². The second kappa shape index (κ2) is 8.23. The summed E-state index contributed by atoms with van der Waals surface area (Å²) < 4.78 is 0. The van der Waals surface area contributed by atoms with Crippen molar-refractivity contribution in [2.24, 2.45) is 0 Å². The van der Waals surface area contributed by atoms with Crippen LogP contribution in [-0.4, -0.2) is 9.97 Å². The molecule has 0 saturated carbocycles. The SMILES string of the molecule is CCC(CC)c1ccccn1.Nc1ccccn1. The van der Waals surface area contributed by atoms with Gasteiger partial charge in [0.2, 0.25) is 0 Å². The maximum Gasteiger partial charge on any atom is 0.123 e. The van der Waals surface area contributed by atoms with Crippen LogP contribution in [0.1, 0.15) is 38.3 Å². The van der Waals surface area contributed by atoms with Crippen molar-refractivity contribution in [2.75, 3.05) is 5.73 Å². The lowest BCUT2D eigenvalue weighted by Gasteiger charge is -2.09. The molecule has 0 atom stereocenters. The van der Waals surface area contributed by atoms with E-state index in [1.807, 2.05) is 24.4 Å². The molecule has 0 saturated heterocycles. The Bertz CT molecular complexity index is 410. The number of pyridine rings is 2. The van der Waals surface area contributed by atoms with Gasteiger partial charge in [-0.25, -0.2) is 4.98 Å². The molecule has 2 N–H and O–H groups in total. The molecule has 3 nitrogen and oxygen atoms in total. The normalized spacial score (nSPS) is 9.72. The third-order valence-corrected chi connectivity index (χ3v) is 2.78. The summed E-state index contributed by atoms with van der Waals surface area (Å²) in [5, 5.41) is 0. The van der Waals surface area contributed by atoms with E-state index >= 15 is 0 Å². The molecule has 0 aliphatic rings. The molecule has 0 aromatic carbocycles. The zero-order valence-corrected chi connectivity index (χ0v) is 11.1. The van der Waals surface area contributed by atoms with Gasteiger partial charge in [0.25, 0.3) is 0 Å². The number of anilines is 1. The van der Waals surface area contributed by atoms with Crippen molar-refractivity contribution in [3.63, 3.8) is 0 Å². The Kier molecular flexibility index (Phi) is 6.47. The Hall–Kier alpha value is -1.90. The van der Waals surface area contributed by atoms with Crippen molar-refractivity contribution in [1.82, 2.24) is 9.97 Å². The zero-order valence-electron chi connectivity index (χ0n) is 11.1. The molecular weight excluding hydrogens is 222 g/mol. The van der Waals surface area contributed by atoms with Crippen LogP contribution in [0.4, 0.5) is 5.82 Å². The minimum absolute atomic E-state index is 0.572. The number of hydrogen-bond donors (Lipinski definition) is 1. The van der Waals surface area contributed by atoms with Crippen LogP contribution in [0.5, 0.6) is 0 Å². The highest BCUT2D eigenvalue weighted by Gasteiger charge is 2.05. The van der Waals surface area contributed by atoms with Gasteiger partial charge >= 0.3 is 0 Å². The van der Waals surface area contributed by atoms with E-state index in [1.54, 1.807) is 12.3 Å². The van der Waals surface area contributed by atoms with E-state index in [0.717, 1.165) is 0 Å². The van der Waals surface area contributed by atoms with Crippen LogP contribution in [-0.2, 0) is 0 Å². The van der Waals surface area contributed by atoms with Gasteiger partial charge in [-0.1, -0.05) is 26.0 Å². The quantitative estimate of drug-likeness (QED) is 0.895. The Labute approximate surface area is 109 Å². The average Bonchev–Trinajstić information content (AvgIpc) is 2.43. The van der Waals surface area contributed by atoms with Crippen LogP contribution in [0.25, 0.3) is 0 Å². The van der Waals surface area contributed by atoms with Crippen LogP contribution in [0, 0.1) is 0 Å². The first-order valence-corrected chi connectivity index (χ1v) is 6.35. The fourth-order valence-corrected chi connectivity index (χ4v) is 1.70. The summed E-state index contributed by atoms with van der Waals surface area (Å²) >= 11 is 0. The van der Waals surface area contributed by atoms with Gasteiger partial charge in [0.15, 0.2) is 0 Å².